The minimum absolute atomic E-state index is 0.0178. The molecule has 1 aliphatic carbocycles. The van der Waals surface area contributed by atoms with Gasteiger partial charge in [0.15, 0.2) is 0 Å². The van der Waals surface area contributed by atoms with E-state index in [4.69, 9.17) is 0 Å². The van der Waals surface area contributed by atoms with E-state index in [0.29, 0.717) is 0 Å². The summed E-state index contributed by atoms with van der Waals surface area (Å²) in [4.78, 5) is 0. The fraction of sp³-hybridized carbons (Fsp3) is 0.0769. The zero-order valence-electron chi connectivity index (χ0n) is 29.7. The lowest BCUT2D eigenvalue weighted by molar-refractivity contribution is 0.660. The smallest absolute Gasteiger partial charge is 0.0159 e. The Kier molecular flexibility index (Phi) is 6.85. The van der Waals surface area contributed by atoms with Crippen LogP contribution in [0.4, 0.5) is 0 Å². The quantitative estimate of drug-likeness (QED) is 0.165. The zero-order valence-corrected chi connectivity index (χ0v) is 29.7. The Hall–Kier alpha value is -6.24. The predicted octanol–water partition coefficient (Wildman–Crippen LogP) is 14.4. The Morgan fingerprint density at radius 1 is 0.327 bits per heavy atom. The molecule has 0 amide bonds. The number of fused-ring (bicyclic) bond motifs is 6. The van der Waals surface area contributed by atoms with Crippen molar-refractivity contribution in [2.24, 2.45) is 0 Å². The summed E-state index contributed by atoms with van der Waals surface area (Å²) < 4.78 is 0. The zero-order chi connectivity index (χ0) is 35.0. The number of aryl methyl sites for hydroxylation is 1. The maximum atomic E-state index is 2.42. The molecule has 246 valence electrons. The van der Waals surface area contributed by atoms with Gasteiger partial charge in [-0.15, -0.1) is 0 Å². The summed E-state index contributed by atoms with van der Waals surface area (Å²) in [6, 6.07) is 65.6. The van der Waals surface area contributed by atoms with Crippen LogP contribution in [0.15, 0.2) is 176 Å². The van der Waals surface area contributed by atoms with Gasteiger partial charge in [-0.2, -0.15) is 0 Å². The molecule has 0 aliphatic heterocycles. The van der Waals surface area contributed by atoms with Gasteiger partial charge in [-0.25, -0.2) is 0 Å². The third kappa shape index (κ3) is 4.68. The molecule has 0 aromatic heterocycles. The van der Waals surface area contributed by atoms with E-state index in [-0.39, 0.29) is 5.41 Å². The molecule has 9 aromatic rings. The van der Waals surface area contributed by atoms with Crippen LogP contribution >= 0.6 is 0 Å². The van der Waals surface area contributed by atoms with Gasteiger partial charge in [-0.05, 0) is 124 Å². The van der Waals surface area contributed by atoms with Gasteiger partial charge in [-0.3, -0.25) is 0 Å². The van der Waals surface area contributed by atoms with Gasteiger partial charge in [-0.1, -0.05) is 177 Å². The Morgan fingerprint density at radius 3 is 1.50 bits per heavy atom. The summed E-state index contributed by atoms with van der Waals surface area (Å²) >= 11 is 0. The average Bonchev–Trinajstić information content (AvgIpc) is 3.42. The standard InChI is InChI=1S/C52H38/c1-33-20-22-36(23-21-33)50-43-15-6-8-17-45(43)51(46-18-9-7-16-44(46)50)47-31-39(30-38-12-4-5-13-40(38)47)35-26-24-34(25-27-35)37-28-29-42-41-14-10-11-19-48(41)52(2,3)49(42)32-37/h4-32H,1-3H3. The lowest BCUT2D eigenvalue weighted by Gasteiger charge is -2.22. The third-order valence-corrected chi connectivity index (χ3v) is 11.5. The van der Waals surface area contributed by atoms with Crippen LogP contribution in [-0.4, -0.2) is 0 Å². The molecule has 0 saturated heterocycles. The Morgan fingerprint density at radius 2 is 0.827 bits per heavy atom. The van der Waals surface area contributed by atoms with E-state index in [9.17, 15) is 0 Å². The Bertz CT molecular complexity index is 2790. The van der Waals surface area contributed by atoms with Crippen LogP contribution in [0, 0.1) is 6.92 Å². The van der Waals surface area contributed by atoms with E-state index in [1.54, 1.807) is 0 Å². The maximum Gasteiger partial charge on any atom is 0.0159 e. The maximum absolute atomic E-state index is 2.42. The summed E-state index contributed by atoms with van der Waals surface area (Å²) in [5.74, 6) is 0. The molecular weight excluding hydrogens is 625 g/mol. The van der Waals surface area contributed by atoms with Crippen LogP contribution in [0.25, 0.3) is 88.0 Å². The lowest BCUT2D eigenvalue weighted by Crippen LogP contribution is -2.14. The molecule has 9 aromatic carbocycles. The van der Waals surface area contributed by atoms with Crippen molar-refractivity contribution in [2.75, 3.05) is 0 Å². The van der Waals surface area contributed by atoms with Crippen molar-refractivity contribution in [3.63, 3.8) is 0 Å². The van der Waals surface area contributed by atoms with Gasteiger partial charge in [0.1, 0.15) is 0 Å². The van der Waals surface area contributed by atoms with Crippen LogP contribution in [-0.2, 0) is 5.41 Å². The van der Waals surface area contributed by atoms with E-state index in [1.165, 1.54) is 105 Å². The fourth-order valence-corrected chi connectivity index (χ4v) is 8.87. The van der Waals surface area contributed by atoms with E-state index in [0.717, 1.165) is 0 Å². The highest BCUT2D eigenvalue weighted by Crippen LogP contribution is 2.50. The molecule has 52 heavy (non-hydrogen) atoms. The van der Waals surface area contributed by atoms with Crippen molar-refractivity contribution in [3.8, 4) is 55.6 Å². The summed E-state index contributed by atoms with van der Waals surface area (Å²) in [6.45, 7) is 6.86. The first kappa shape index (κ1) is 30.6. The minimum atomic E-state index is -0.0178. The first-order chi connectivity index (χ1) is 25.5. The second kappa shape index (κ2) is 11.7. The first-order valence-electron chi connectivity index (χ1n) is 18.3. The van der Waals surface area contributed by atoms with E-state index in [1.807, 2.05) is 0 Å². The van der Waals surface area contributed by atoms with E-state index >= 15 is 0 Å². The highest BCUT2D eigenvalue weighted by Gasteiger charge is 2.35. The number of hydrogen-bond acceptors (Lipinski definition) is 0. The molecule has 0 N–H and O–H groups in total. The molecule has 1 aliphatic rings. The van der Waals surface area contributed by atoms with Crippen molar-refractivity contribution in [1.82, 2.24) is 0 Å². The van der Waals surface area contributed by atoms with Crippen LogP contribution in [0.3, 0.4) is 0 Å². The van der Waals surface area contributed by atoms with Gasteiger partial charge in [0.05, 0.1) is 0 Å². The molecular formula is C52H38. The molecule has 0 saturated carbocycles. The summed E-state index contributed by atoms with van der Waals surface area (Å²) in [5, 5.41) is 7.62. The summed E-state index contributed by atoms with van der Waals surface area (Å²) in [5.41, 5.74) is 16.8. The first-order valence-corrected chi connectivity index (χ1v) is 18.3. The monoisotopic (exact) mass is 662 g/mol. The fourth-order valence-electron chi connectivity index (χ4n) is 8.87. The van der Waals surface area contributed by atoms with Gasteiger partial charge in [0.25, 0.3) is 0 Å². The van der Waals surface area contributed by atoms with Crippen LogP contribution < -0.4 is 0 Å². The second-order valence-electron chi connectivity index (χ2n) is 15.0. The van der Waals surface area contributed by atoms with Gasteiger partial charge in [0, 0.05) is 5.41 Å². The number of hydrogen-bond donors (Lipinski definition) is 0. The molecule has 0 fully saturated rings. The van der Waals surface area contributed by atoms with Gasteiger partial charge in [0.2, 0.25) is 0 Å². The molecule has 0 heteroatoms. The van der Waals surface area contributed by atoms with E-state index in [2.05, 4.69) is 197 Å². The Balaban J connectivity index is 1.13. The minimum Gasteiger partial charge on any atom is -0.0619 e. The molecule has 10 rings (SSSR count). The molecule has 0 unspecified atom stereocenters. The molecule has 0 radical (unpaired) electrons. The summed E-state index contributed by atoms with van der Waals surface area (Å²) in [6.07, 6.45) is 0. The molecule has 0 heterocycles. The number of benzene rings is 9. The van der Waals surface area contributed by atoms with Crippen LogP contribution in [0.2, 0.25) is 0 Å². The van der Waals surface area contributed by atoms with Crippen molar-refractivity contribution in [2.45, 2.75) is 26.2 Å². The Labute approximate surface area is 305 Å². The third-order valence-electron chi connectivity index (χ3n) is 11.5. The van der Waals surface area contributed by atoms with Crippen molar-refractivity contribution in [1.29, 1.82) is 0 Å². The van der Waals surface area contributed by atoms with Gasteiger partial charge >= 0.3 is 0 Å². The van der Waals surface area contributed by atoms with Crippen molar-refractivity contribution in [3.05, 3.63) is 193 Å². The molecule has 0 atom stereocenters. The molecule has 0 nitrogen and oxygen atoms in total. The molecule has 0 spiro atoms. The highest BCUT2D eigenvalue weighted by molar-refractivity contribution is 6.23. The van der Waals surface area contributed by atoms with Crippen molar-refractivity contribution >= 4 is 32.3 Å². The normalized spacial score (nSPS) is 13.1. The highest BCUT2D eigenvalue weighted by atomic mass is 14.4. The topological polar surface area (TPSA) is 0 Å². The SMILES string of the molecule is Cc1ccc(-c2c3ccccc3c(-c3cc(-c4ccc(-c5ccc6c(c5)C(C)(C)c5ccccc5-6)cc4)cc4ccccc34)c3ccccc23)cc1. The van der Waals surface area contributed by atoms with Crippen LogP contribution in [0.1, 0.15) is 30.5 Å². The molecule has 0 bridgehead atoms. The number of rotatable bonds is 4. The summed E-state index contributed by atoms with van der Waals surface area (Å²) in [7, 11) is 0. The second-order valence-corrected chi connectivity index (χ2v) is 15.0. The lowest BCUT2D eigenvalue weighted by atomic mass is 9.81. The van der Waals surface area contributed by atoms with E-state index < -0.39 is 0 Å². The average molecular weight is 663 g/mol. The van der Waals surface area contributed by atoms with Crippen LogP contribution in [0.5, 0.6) is 0 Å². The predicted molar refractivity (Wildman–Crippen MR) is 223 cm³/mol. The van der Waals surface area contributed by atoms with Crippen molar-refractivity contribution < 1.29 is 0 Å². The van der Waals surface area contributed by atoms with Gasteiger partial charge < -0.3 is 0 Å². The largest absolute Gasteiger partial charge is 0.0619 e.